The van der Waals surface area contributed by atoms with Crippen LogP contribution >= 0.6 is 0 Å². The van der Waals surface area contributed by atoms with Gasteiger partial charge in [-0.15, -0.1) is 0 Å². The Labute approximate surface area is 123 Å². The maximum Gasteiger partial charge on any atom is 0.330 e. The first kappa shape index (κ1) is 15.5. The molecule has 0 radical (unpaired) electrons. The quantitative estimate of drug-likeness (QED) is 0.604. The summed E-state index contributed by atoms with van der Waals surface area (Å²) in [5.41, 5.74) is 0.795. The van der Waals surface area contributed by atoms with Crippen molar-refractivity contribution in [3.05, 3.63) is 35.9 Å². The van der Waals surface area contributed by atoms with Gasteiger partial charge in [-0.3, -0.25) is 4.79 Å². The number of amides is 1. The predicted octanol–water partition coefficient (Wildman–Crippen LogP) is 0.721. The minimum atomic E-state index is -3.57. The van der Waals surface area contributed by atoms with Gasteiger partial charge in [-0.25, -0.2) is 13.2 Å². The van der Waals surface area contributed by atoms with Gasteiger partial charge in [0.05, 0.1) is 5.75 Å². The van der Waals surface area contributed by atoms with Crippen LogP contribution in [0.1, 0.15) is 19.4 Å². The molecule has 0 bridgehead atoms. The lowest BCUT2D eigenvalue weighted by Gasteiger charge is -2.28. The average molecular weight is 311 g/mol. The summed E-state index contributed by atoms with van der Waals surface area (Å²) in [4.78, 5) is 22.8. The summed E-state index contributed by atoms with van der Waals surface area (Å²) in [7, 11) is -3.57. The Morgan fingerprint density at radius 2 is 2.00 bits per heavy atom. The maximum atomic E-state index is 12.1. The zero-order chi connectivity index (χ0) is 15.7. The number of ether oxygens (including phenoxy) is 1. The number of sulfone groups is 1. The van der Waals surface area contributed by atoms with E-state index in [1.54, 1.807) is 12.1 Å². The standard InChI is InChI=1S/C14H17NO5S/c1-14(2)15(10-16)12(9-21(14,18)19)13(17)20-8-11-6-4-3-5-7-11/h3-7,10,12H,8-9H2,1-2H3/t12-/m1/s1. The molecule has 1 heterocycles. The van der Waals surface area contributed by atoms with Crippen molar-refractivity contribution < 1.29 is 22.7 Å². The number of hydrogen-bond donors (Lipinski definition) is 0. The van der Waals surface area contributed by atoms with E-state index in [9.17, 15) is 18.0 Å². The number of carbonyl (C=O) groups is 2. The Hall–Kier alpha value is -1.89. The lowest BCUT2D eigenvalue weighted by molar-refractivity contribution is -0.153. The van der Waals surface area contributed by atoms with Crippen LogP contribution in [0.2, 0.25) is 0 Å². The molecule has 1 saturated heterocycles. The molecular weight excluding hydrogens is 294 g/mol. The highest BCUT2D eigenvalue weighted by Gasteiger charge is 2.54. The van der Waals surface area contributed by atoms with Crippen LogP contribution in [-0.2, 0) is 30.8 Å². The summed E-state index contributed by atoms with van der Waals surface area (Å²) in [6, 6.07) is 7.95. The van der Waals surface area contributed by atoms with Crippen molar-refractivity contribution in [2.24, 2.45) is 0 Å². The molecule has 0 N–H and O–H groups in total. The van der Waals surface area contributed by atoms with Crippen molar-refractivity contribution >= 4 is 22.2 Å². The molecule has 114 valence electrons. The van der Waals surface area contributed by atoms with Crippen molar-refractivity contribution in [3.8, 4) is 0 Å². The van der Waals surface area contributed by atoms with Crippen molar-refractivity contribution in [2.75, 3.05) is 5.75 Å². The molecule has 0 spiro atoms. The number of esters is 1. The molecule has 1 aliphatic heterocycles. The first-order chi connectivity index (χ1) is 9.79. The van der Waals surface area contributed by atoms with Gasteiger partial charge < -0.3 is 9.64 Å². The van der Waals surface area contributed by atoms with E-state index >= 15 is 0 Å². The second-order valence-corrected chi connectivity index (χ2v) is 7.91. The van der Waals surface area contributed by atoms with Crippen molar-refractivity contribution in [3.63, 3.8) is 0 Å². The van der Waals surface area contributed by atoms with E-state index in [2.05, 4.69) is 0 Å². The summed E-state index contributed by atoms with van der Waals surface area (Å²) < 4.78 is 29.2. The van der Waals surface area contributed by atoms with Crippen LogP contribution in [0.15, 0.2) is 30.3 Å². The van der Waals surface area contributed by atoms with Gasteiger partial charge in [-0.05, 0) is 19.4 Å². The number of carbonyl (C=O) groups excluding carboxylic acids is 2. The Morgan fingerprint density at radius 3 is 2.57 bits per heavy atom. The third-order valence-corrected chi connectivity index (χ3v) is 6.19. The molecule has 1 atom stereocenters. The lowest BCUT2D eigenvalue weighted by atomic mass is 10.2. The second kappa shape index (κ2) is 5.48. The monoisotopic (exact) mass is 311 g/mol. The van der Waals surface area contributed by atoms with E-state index in [4.69, 9.17) is 4.74 Å². The highest BCUT2D eigenvalue weighted by molar-refractivity contribution is 7.93. The van der Waals surface area contributed by atoms with Gasteiger partial charge in [0.15, 0.2) is 9.84 Å². The largest absolute Gasteiger partial charge is 0.459 e. The molecule has 1 aromatic rings. The molecule has 7 heteroatoms. The molecule has 0 aliphatic carbocycles. The van der Waals surface area contributed by atoms with Gasteiger partial charge in [0.25, 0.3) is 0 Å². The molecule has 1 aliphatic rings. The highest BCUT2D eigenvalue weighted by Crippen LogP contribution is 2.32. The van der Waals surface area contributed by atoms with Crippen molar-refractivity contribution in [2.45, 2.75) is 31.4 Å². The Kier molecular flexibility index (Phi) is 4.04. The number of nitrogens with zero attached hydrogens (tertiary/aromatic N) is 1. The van der Waals surface area contributed by atoms with E-state index in [1.807, 2.05) is 18.2 Å². The van der Waals surface area contributed by atoms with Gasteiger partial charge in [0.2, 0.25) is 6.41 Å². The summed E-state index contributed by atoms with van der Waals surface area (Å²) in [5, 5.41) is 0. The molecular formula is C14H17NO5S. The molecule has 0 aromatic heterocycles. The molecule has 0 saturated carbocycles. The summed E-state index contributed by atoms with van der Waals surface area (Å²) in [5.74, 6) is -1.12. The van der Waals surface area contributed by atoms with Crippen LogP contribution in [0.5, 0.6) is 0 Å². The minimum Gasteiger partial charge on any atom is -0.459 e. The highest BCUT2D eigenvalue weighted by atomic mass is 32.2. The van der Waals surface area contributed by atoms with E-state index in [1.165, 1.54) is 13.8 Å². The molecule has 2 rings (SSSR count). The van der Waals surface area contributed by atoms with E-state index in [-0.39, 0.29) is 6.61 Å². The first-order valence-electron chi connectivity index (χ1n) is 6.46. The summed E-state index contributed by atoms with van der Waals surface area (Å²) >= 11 is 0. The number of hydrogen-bond acceptors (Lipinski definition) is 5. The molecule has 1 aromatic carbocycles. The Bertz CT molecular complexity index is 639. The smallest absolute Gasteiger partial charge is 0.330 e. The lowest BCUT2D eigenvalue weighted by Crippen LogP contribution is -2.47. The van der Waals surface area contributed by atoms with Crippen LogP contribution in [0.25, 0.3) is 0 Å². The van der Waals surface area contributed by atoms with E-state index in [0.717, 1.165) is 10.5 Å². The van der Waals surface area contributed by atoms with Gasteiger partial charge in [-0.2, -0.15) is 0 Å². The average Bonchev–Trinajstić information content (AvgIpc) is 2.63. The van der Waals surface area contributed by atoms with Gasteiger partial charge in [0, 0.05) is 0 Å². The fourth-order valence-electron chi connectivity index (χ4n) is 2.23. The predicted molar refractivity (Wildman–Crippen MR) is 75.8 cm³/mol. The maximum absolute atomic E-state index is 12.1. The molecule has 1 fully saturated rings. The fourth-order valence-corrected chi connectivity index (χ4v) is 3.85. The third-order valence-electron chi connectivity index (χ3n) is 3.71. The zero-order valence-electron chi connectivity index (χ0n) is 11.9. The van der Waals surface area contributed by atoms with Crippen LogP contribution in [0, 0.1) is 0 Å². The van der Waals surface area contributed by atoms with E-state index in [0.29, 0.717) is 6.41 Å². The number of benzene rings is 1. The van der Waals surface area contributed by atoms with Crippen molar-refractivity contribution in [1.29, 1.82) is 0 Å². The Balaban J connectivity index is 2.11. The van der Waals surface area contributed by atoms with Gasteiger partial charge in [0.1, 0.15) is 17.5 Å². The van der Waals surface area contributed by atoms with E-state index < -0.39 is 32.5 Å². The van der Waals surface area contributed by atoms with Crippen LogP contribution in [0.3, 0.4) is 0 Å². The van der Waals surface area contributed by atoms with Gasteiger partial charge in [-0.1, -0.05) is 30.3 Å². The van der Waals surface area contributed by atoms with Crippen LogP contribution in [-0.4, -0.2) is 42.4 Å². The number of rotatable bonds is 4. The molecule has 1 amide bonds. The SMILES string of the molecule is CC1(C)N(C=O)[C@@H](C(=O)OCc2ccccc2)CS1(=O)=O. The normalized spacial score (nSPS) is 22.8. The molecule has 21 heavy (non-hydrogen) atoms. The fraction of sp³-hybridized carbons (Fsp3) is 0.429. The first-order valence-corrected chi connectivity index (χ1v) is 8.11. The summed E-state index contributed by atoms with van der Waals surface area (Å²) in [6.45, 7) is 2.85. The topological polar surface area (TPSA) is 80.8 Å². The van der Waals surface area contributed by atoms with Crippen LogP contribution in [0.4, 0.5) is 0 Å². The molecule has 6 nitrogen and oxygen atoms in total. The zero-order valence-corrected chi connectivity index (χ0v) is 12.7. The summed E-state index contributed by atoms with van der Waals surface area (Å²) in [6.07, 6.45) is 0.388. The molecule has 0 unspecified atom stereocenters. The second-order valence-electron chi connectivity index (χ2n) is 5.35. The Morgan fingerprint density at radius 1 is 1.38 bits per heavy atom. The van der Waals surface area contributed by atoms with Crippen LogP contribution < -0.4 is 0 Å². The van der Waals surface area contributed by atoms with Crippen molar-refractivity contribution in [1.82, 2.24) is 4.90 Å². The minimum absolute atomic E-state index is 0.0450. The third kappa shape index (κ3) is 2.78. The van der Waals surface area contributed by atoms with Gasteiger partial charge >= 0.3 is 5.97 Å².